The van der Waals surface area contributed by atoms with Crippen molar-refractivity contribution in [3.05, 3.63) is 17.8 Å². The topological polar surface area (TPSA) is 80.6 Å². The van der Waals surface area contributed by atoms with Crippen LogP contribution in [0.15, 0.2) is 12.3 Å². The summed E-state index contributed by atoms with van der Waals surface area (Å²) < 4.78 is 32.5. The van der Waals surface area contributed by atoms with E-state index in [2.05, 4.69) is 26.1 Å². The van der Waals surface area contributed by atoms with Crippen LogP contribution in [0.1, 0.15) is 40.2 Å². The van der Waals surface area contributed by atoms with Crippen molar-refractivity contribution in [1.29, 1.82) is 0 Å². The number of anilines is 1. The molecule has 0 spiro atoms. The second kappa shape index (κ2) is 6.74. The molecule has 1 fully saturated rings. The van der Waals surface area contributed by atoms with Gasteiger partial charge in [0.25, 0.3) is 0 Å². The second-order valence-electron chi connectivity index (χ2n) is 7.96. The van der Waals surface area contributed by atoms with Crippen LogP contribution in [0.5, 0.6) is 0 Å². The molecule has 0 bridgehead atoms. The zero-order chi connectivity index (χ0) is 19.0. The number of carbonyl (C=O) groups excluding carboxylic acids is 1. The predicted molar refractivity (Wildman–Crippen MR) is 98.1 cm³/mol. The molecule has 142 valence electrons. The molecule has 7 nitrogen and oxygen atoms in total. The molecule has 0 aromatic carbocycles. The van der Waals surface area contributed by atoms with E-state index in [1.807, 2.05) is 19.3 Å². The molecule has 1 aromatic rings. The van der Waals surface area contributed by atoms with Crippen LogP contribution in [0.3, 0.4) is 0 Å². The Morgan fingerprint density at radius 1 is 1.16 bits per heavy atom. The number of rotatable bonds is 4. The minimum absolute atomic E-state index is 0.0594. The Morgan fingerprint density at radius 3 is 2.20 bits per heavy atom. The minimum atomic E-state index is -3.78. The van der Waals surface area contributed by atoms with Gasteiger partial charge in [0.2, 0.25) is 15.9 Å². The first-order valence-corrected chi connectivity index (χ1v) is 9.87. The number of morpholine rings is 1. The number of ether oxygens (including phenoxy) is 1. The van der Waals surface area contributed by atoms with Crippen molar-refractivity contribution in [2.24, 2.45) is 7.05 Å². The quantitative estimate of drug-likeness (QED) is 0.874. The van der Waals surface area contributed by atoms with E-state index >= 15 is 0 Å². The summed E-state index contributed by atoms with van der Waals surface area (Å²) in [6.07, 6.45) is 1.94. The van der Waals surface area contributed by atoms with Gasteiger partial charge in [-0.25, -0.2) is 8.42 Å². The molecule has 1 saturated heterocycles. The van der Waals surface area contributed by atoms with Gasteiger partial charge in [-0.1, -0.05) is 20.8 Å². The number of nitrogens with zero attached hydrogens (tertiary/aromatic N) is 2. The van der Waals surface area contributed by atoms with E-state index in [9.17, 15) is 13.2 Å². The first-order chi connectivity index (χ1) is 11.4. The van der Waals surface area contributed by atoms with Crippen LogP contribution in [-0.4, -0.2) is 54.2 Å². The number of hydrogen-bond donors (Lipinski definition) is 1. The maximum atomic E-state index is 12.9. The highest BCUT2D eigenvalue weighted by Gasteiger charge is 2.46. The van der Waals surface area contributed by atoms with Crippen LogP contribution in [0.4, 0.5) is 5.82 Å². The lowest BCUT2D eigenvalue weighted by atomic mass is 9.89. The Morgan fingerprint density at radius 2 is 1.72 bits per heavy atom. The maximum Gasteiger partial charge on any atom is 0.247 e. The molecule has 2 rings (SSSR count). The molecule has 1 aliphatic rings. The molecule has 8 heteroatoms. The molecule has 0 unspecified atom stereocenters. The van der Waals surface area contributed by atoms with Crippen molar-refractivity contribution in [2.75, 3.05) is 31.6 Å². The normalized spacial score (nSPS) is 17.5. The van der Waals surface area contributed by atoms with E-state index in [0.29, 0.717) is 19.0 Å². The van der Waals surface area contributed by atoms with Crippen LogP contribution < -0.4 is 5.32 Å². The van der Waals surface area contributed by atoms with Crippen LogP contribution in [0.25, 0.3) is 0 Å². The second-order valence-corrected chi connectivity index (χ2v) is 10.4. The van der Waals surface area contributed by atoms with Crippen LogP contribution >= 0.6 is 0 Å². The summed E-state index contributed by atoms with van der Waals surface area (Å²) in [7, 11) is -1.96. The number of carbonyl (C=O) groups is 1. The molecule has 0 saturated carbocycles. The molecular weight excluding hydrogens is 342 g/mol. The number of nitrogens with one attached hydrogen (secondary N) is 1. The third-order valence-corrected chi connectivity index (χ3v) is 7.13. The largest absolute Gasteiger partial charge is 0.379 e. The van der Waals surface area contributed by atoms with Gasteiger partial charge in [-0.05, 0) is 30.9 Å². The van der Waals surface area contributed by atoms with Crippen molar-refractivity contribution in [3.8, 4) is 0 Å². The van der Waals surface area contributed by atoms with E-state index in [0.717, 1.165) is 5.56 Å². The van der Waals surface area contributed by atoms with E-state index in [4.69, 9.17) is 4.74 Å². The fourth-order valence-corrected chi connectivity index (χ4v) is 4.15. The lowest BCUT2D eigenvalue weighted by Crippen LogP contribution is -2.54. The monoisotopic (exact) mass is 371 g/mol. The number of sulfonamides is 1. The SMILES string of the molecule is Cn1cc(C(C)(C)C)cc1NC(=O)C(C)(C)S(=O)(=O)N1CCOCC1. The Hall–Kier alpha value is -1.38. The summed E-state index contributed by atoms with van der Waals surface area (Å²) in [4.78, 5) is 12.8. The van der Waals surface area contributed by atoms with Gasteiger partial charge in [0, 0.05) is 26.3 Å². The van der Waals surface area contributed by atoms with Gasteiger partial charge < -0.3 is 14.6 Å². The Labute approximate surface area is 150 Å². The van der Waals surface area contributed by atoms with Gasteiger partial charge in [0.15, 0.2) is 4.75 Å². The standard InChI is InChI=1S/C17H29N3O4S/c1-16(2,3)13-11-14(19(6)12-13)18-15(21)17(4,5)25(22,23)20-7-9-24-10-8-20/h11-12H,7-10H2,1-6H3,(H,18,21). The maximum absolute atomic E-state index is 12.9. The first-order valence-electron chi connectivity index (χ1n) is 8.43. The Kier molecular flexibility index (Phi) is 5.37. The third kappa shape index (κ3) is 3.91. The summed E-state index contributed by atoms with van der Waals surface area (Å²) in [5.41, 5.74) is 1.01. The van der Waals surface area contributed by atoms with Crippen molar-refractivity contribution in [3.63, 3.8) is 0 Å². The van der Waals surface area contributed by atoms with Crippen LogP contribution in [0, 0.1) is 0 Å². The average molecular weight is 372 g/mol. The van der Waals surface area contributed by atoms with Gasteiger partial charge >= 0.3 is 0 Å². The Balaban J connectivity index is 2.23. The van der Waals surface area contributed by atoms with Gasteiger partial charge in [0.05, 0.1) is 13.2 Å². The summed E-state index contributed by atoms with van der Waals surface area (Å²) in [5, 5.41) is 2.78. The zero-order valence-electron chi connectivity index (χ0n) is 15.9. The fraction of sp³-hybridized carbons (Fsp3) is 0.706. The van der Waals surface area contributed by atoms with Gasteiger partial charge in [-0.15, -0.1) is 0 Å². The molecule has 0 atom stereocenters. The molecule has 1 aliphatic heterocycles. The molecule has 0 radical (unpaired) electrons. The summed E-state index contributed by atoms with van der Waals surface area (Å²) in [6.45, 7) is 10.4. The van der Waals surface area contributed by atoms with Gasteiger partial charge in [-0.3, -0.25) is 4.79 Å². The third-order valence-electron chi connectivity index (χ3n) is 4.61. The number of hydrogen-bond acceptors (Lipinski definition) is 4. The highest BCUT2D eigenvalue weighted by Crippen LogP contribution is 2.28. The van der Waals surface area contributed by atoms with E-state index < -0.39 is 20.7 Å². The van der Waals surface area contributed by atoms with Crippen molar-refractivity contribution < 1.29 is 17.9 Å². The molecule has 2 heterocycles. The Bertz CT molecular complexity index is 738. The molecular formula is C17H29N3O4S. The average Bonchev–Trinajstić information content (AvgIpc) is 2.89. The van der Waals surface area contributed by atoms with Crippen molar-refractivity contribution >= 4 is 21.7 Å². The summed E-state index contributed by atoms with van der Waals surface area (Å²) in [5.74, 6) is 0.0424. The van der Waals surface area contributed by atoms with Gasteiger partial charge in [0.1, 0.15) is 5.82 Å². The summed E-state index contributed by atoms with van der Waals surface area (Å²) >= 11 is 0. The van der Waals surface area contributed by atoms with Gasteiger partial charge in [-0.2, -0.15) is 4.31 Å². The lowest BCUT2D eigenvalue weighted by molar-refractivity contribution is -0.118. The molecule has 1 aromatic heterocycles. The predicted octanol–water partition coefficient (Wildman–Crippen LogP) is 1.70. The first kappa shape index (κ1) is 19.9. The smallest absolute Gasteiger partial charge is 0.247 e. The highest BCUT2D eigenvalue weighted by molar-refractivity contribution is 7.91. The van der Waals surface area contributed by atoms with Crippen LogP contribution in [0.2, 0.25) is 0 Å². The van der Waals surface area contributed by atoms with E-state index in [-0.39, 0.29) is 18.5 Å². The van der Waals surface area contributed by atoms with E-state index in [1.54, 1.807) is 4.57 Å². The van der Waals surface area contributed by atoms with E-state index in [1.165, 1.54) is 18.2 Å². The van der Waals surface area contributed by atoms with Crippen molar-refractivity contribution in [1.82, 2.24) is 8.87 Å². The number of amides is 1. The molecule has 25 heavy (non-hydrogen) atoms. The lowest BCUT2D eigenvalue weighted by Gasteiger charge is -2.33. The molecule has 1 amide bonds. The van der Waals surface area contributed by atoms with Crippen LogP contribution in [-0.2, 0) is 32.0 Å². The molecule has 0 aliphatic carbocycles. The number of aromatic nitrogens is 1. The summed E-state index contributed by atoms with van der Waals surface area (Å²) in [6, 6.07) is 1.88. The zero-order valence-corrected chi connectivity index (χ0v) is 16.7. The minimum Gasteiger partial charge on any atom is -0.379 e. The number of aryl methyl sites for hydroxylation is 1. The fourth-order valence-electron chi connectivity index (χ4n) is 2.59. The molecule has 1 N–H and O–H groups in total. The highest BCUT2D eigenvalue weighted by atomic mass is 32.2. The van der Waals surface area contributed by atoms with Crippen molar-refractivity contribution in [2.45, 2.75) is 44.8 Å².